The highest BCUT2D eigenvalue weighted by atomic mass is 16.5. The van der Waals surface area contributed by atoms with E-state index in [1.807, 2.05) is 0 Å². The molecule has 0 rings (SSSR count). The summed E-state index contributed by atoms with van der Waals surface area (Å²) >= 11 is 0. The first kappa shape index (κ1) is 56.4. The Hall–Kier alpha value is -1.63. The zero-order valence-corrected chi connectivity index (χ0v) is 39.9. The molecule has 0 spiro atoms. The smallest absolute Gasteiger partial charge is 0.306 e. The van der Waals surface area contributed by atoms with Gasteiger partial charge in [0.1, 0.15) is 6.10 Å². The molecule has 0 fully saturated rings. The Kier molecular flexibility index (Phi) is 40.9. The number of rotatable bonds is 44. The van der Waals surface area contributed by atoms with Crippen LogP contribution in [-0.4, -0.2) is 61.8 Å². The van der Waals surface area contributed by atoms with Crippen LogP contribution in [0.1, 0.15) is 260 Å². The van der Waals surface area contributed by atoms with Crippen LogP contribution in [0.3, 0.4) is 0 Å². The predicted octanol–water partition coefficient (Wildman–Crippen LogP) is 14.9. The van der Waals surface area contributed by atoms with E-state index in [0.29, 0.717) is 50.4 Å². The quantitative estimate of drug-likeness (QED) is 0.0344. The summed E-state index contributed by atoms with van der Waals surface area (Å²) < 4.78 is 17.3. The van der Waals surface area contributed by atoms with E-state index in [9.17, 15) is 14.4 Å². The summed E-state index contributed by atoms with van der Waals surface area (Å²) in [6.45, 7) is 15.3. The molecule has 0 saturated carbocycles. The van der Waals surface area contributed by atoms with Gasteiger partial charge in [-0.05, 0) is 110 Å². The van der Waals surface area contributed by atoms with Gasteiger partial charge in [-0.1, -0.05) is 156 Å². The van der Waals surface area contributed by atoms with E-state index in [4.69, 9.17) is 14.2 Å². The van der Waals surface area contributed by atoms with Crippen LogP contribution in [0.15, 0.2) is 0 Å². The Morgan fingerprint density at radius 1 is 0.431 bits per heavy atom. The van der Waals surface area contributed by atoms with Gasteiger partial charge in [-0.3, -0.25) is 14.4 Å². The summed E-state index contributed by atoms with van der Waals surface area (Å²) in [5, 5.41) is 0. The van der Waals surface area contributed by atoms with E-state index in [1.165, 1.54) is 116 Å². The highest BCUT2D eigenvalue weighted by molar-refractivity contribution is 5.70. The van der Waals surface area contributed by atoms with Crippen LogP contribution < -0.4 is 0 Å². The molecule has 0 bridgehead atoms. The van der Waals surface area contributed by atoms with E-state index in [0.717, 1.165) is 90.0 Å². The molecule has 0 aliphatic rings. The Morgan fingerprint density at radius 2 is 0.776 bits per heavy atom. The number of hydrogen-bond donors (Lipinski definition) is 0. The van der Waals surface area contributed by atoms with Crippen molar-refractivity contribution in [2.45, 2.75) is 272 Å². The summed E-state index contributed by atoms with van der Waals surface area (Å²) in [6, 6.07) is 0.486. The molecule has 0 saturated heterocycles. The van der Waals surface area contributed by atoms with Crippen LogP contribution in [0.25, 0.3) is 0 Å². The molecule has 0 radical (unpaired) electrons. The van der Waals surface area contributed by atoms with E-state index in [2.05, 4.69) is 53.5 Å². The zero-order valence-electron chi connectivity index (χ0n) is 39.9. The van der Waals surface area contributed by atoms with Crippen molar-refractivity contribution in [2.24, 2.45) is 11.8 Å². The summed E-state index contributed by atoms with van der Waals surface area (Å²) in [5.74, 6) is 0.964. The van der Waals surface area contributed by atoms with Crippen molar-refractivity contribution >= 4 is 17.9 Å². The minimum absolute atomic E-state index is 0.00249. The third-order valence-corrected chi connectivity index (χ3v) is 12.2. The maximum absolute atomic E-state index is 12.8. The molecule has 7 nitrogen and oxygen atoms in total. The van der Waals surface area contributed by atoms with Crippen LogP contribution in [0.4, 0.5) is 0 Å². The van der Waals surface area contributed by atoms with E-state index < -0.39 is 0 Å². The summed E-state index contributed by atoms with van der Waals surface area (Å²) in [7, 11) is 2.12. The Balaban J connectivity index is 4.26. The Morgan fingerprint density at radius 3 is 1.12 bits per heavy atom. The molecule has 344 valence electrons. The third-order valence-electron chi connectivity index (χ3n) is 12.2. The van der Waals surface area contributed by atoms with Gasteiger partial charge in [-0.25, -0.2) is 0 Å². The van der Waals surface area contributed by atoms with Crippen molar-refractivity contribution in [3.63, 3.8) is 0 Å². The zero-order chi connectivity index (χ0) is 42.9. The van der Waals surface area contributed by atoms with Gasteiger partial charge >= 0.3 is 17.9 Å². The first-order valence-electron chi connectivity index (χ1n) is 25.4. The third kappa shape index (κ3) is 37.4. The molecule has 0 amide bonds. The molecule has 0 heterocycles. The minimum Gasteiger partial charge on any atom is -0.466 e. The summed E-state index contributed by atoms with van der Waals surface area (Å²) in [4.78, 5) is 39.8. The average molecular weight is 822 g/mol. The van der Waals surface area contributed by atoms with E-state index in [1.54, 1.807) is 0 Å². The molecule has 58 heavy (non-hydrogen) atoms. The lowest BCUT2D eigenvalue weighted by molar-refractivity contribution is -0.150. The fourth-order valence-corrected chi connectivity index (χ4v) is 7.94. The number of esters is 3. The van der Waals surface area contributed by atoms with Crippen LogP contribution in [0, 0.1) is 11.8 Å². The van der Waals surface area contributed by atoms with Gasteiger partial charge in [0.2, 0.25) is 0 Å². The fraction of sp³-hybridized carbons (Fsp3) is 0.941. The first-order chi connectivity index (χ1) is 28.2. The molecule has 0 aliphatic heterocycles. The summed E-state index contributed by atoms with van der Waals surface area (Å²) in [5.41, 5.74) is 0. The lowest BCUT2D eigenvalue weighted by atomic mass is 9.93. The van der Waals surface area contributed by atoms with Crippen molar-refractivity contribution in [3.05, 3.63) is 0 Å². The van der Waals surface area contributed by atoms with Crippen LogP contribution in [0.2, 0.25) is 0 Å². The molecule has 0 aromatic rings. The topological polar surface area (TPSA) is 82.1 Å². The van der Waals surface area contributed by atoms with Crippen LogP contribution in [-0.2, 0) is 28.6 Å². The standard InChI is InChI=1S/C51H99NO6/c1-8-12-33-46(34-13-9-2)43-50(54)56-41-30-26-22-18-16-20-24-28-37-48(58-49(53)39-32-40-52(7)45(5)6)38-29-25-21-17-19-23-27-31-42-57-51(55)44-47(35-14-10-3)36-15-11-4/h45-48H,8-44H2,1-7H3. The Labute approximate surface area is 361 Å². The van der Waals surface area contributed by atoms with Crippen molar-refractivity contribution in [2.75, 3.05) is 26.8 Å². The monoisotopic (exact) mass is 822 g/mol. The van der Waals surface area contributed by atoms with Gasteiger partial charge in [0.25, 0.3) is 0 Å². The average Bonchev–Trinajstić information content (AvgIpc) is 3.20. The molecular weight excluding hydrogens is 723 g/mol. The van der Waals surface area contributed by atoms with Gasteiger partial charge in [0, 0.05) is 25.3 Å². The molecule has 0 unspecified atom stereocenters. The minimum atomic E-state index is -0.0286. The molecule has 7 heteroatoms. The molecule has 0 aromatic heterocycles. The molecular formula is C51H99NO6. The number of ether oxygens (including phenoxy) is 3. The lowest BCUT2D eigenvalue weighted by Crippen LogP contribution is -2.28. The van der Waals surface area contributed by atoms with Crippen LogP contribution >= 0.6 is 0 Å². The van der Waals surface area contributed by atoms with Gasteiger partial charge in [-0.2, -0.15) is 0 Å². The van der Waals surface area contributed by atoms with E-state index in [-0.39, 0.29) is 24.0 Å². The number of carbonyl (C=O) groups excluding carboxylic acids is 3. The highest BCUT2D eigenvalue weighted by Crippen LogP contribution is 2.23. The second kappa shape index (κ2) is 42.1. The number of unbranched alkanes of at least 4 members (excludes halogenated alkanes) is 18. The molecule has 0 aliphatic carbocycles. The molecule has 0 aromatic carbocycles. The second-order valence-corrected chi connectivity index (χ2v) is 18.2. The van der Waals surface area contributed by atoms with Gasteiger partial charge in [0.05, 0.1) is 13.2 Å². The van der Waals surface area contributed by atoms with Crippen molar-refractivity contribution in [3.8, 4) is 0 Å². The van der Waals surface area contributed by atoms with Crippen molar-refractivity contribution < 1.29 is 28.6 Å². The predicted molar refractivity (Wildman–Crippen MR) is 246 cm³/mol. The molecule has 0 atom stereocenters. The maximum atomic E-state index is 12.8. The van der Waals surface area contributed by atoms with Gasteiger partial charge in [-0.15, -0.1) is 0 Å². The van der Waals surface area contributed by atoms with E-state index >= 15 is 0 Å². The largest absolute Gasteiger partial charge is 0.466 e. The maximum Gasteiger partial charge on any atom is 0.306 e. The van der Waals surface area contributed by atoms with Crippen molar-refractivity contribution in [1.82, 2.24) is 4.90 Å². The Bertz CT molecular complexity index is 853. The van der Waals surface area contributed by atoms with Crippen molar-refractivity contribution in [1.29, 1.82) is 0 Å². The highest BCUT2D eigenvalue weighted by Gasteiger charge is 2.17. The normalized spacial score (nSPS) is 11.8. The number of nitrogens with zero attached hydrogens (tertiary/aromatic N) is 1. The second-order valence-electron chi connectivity index (χ2n) is 18.2. The van der Waals surface area contributed by atoms with Crippen LogP contribution in [0.5, 0.6) is 0 Å². The number of hydrogen-bond acceptors (Lipinski definition) is 7. The lowest BCUT2D eigenvalue weighted by Gasteiger charge is -2.21. The summed E-state index contributed by atoms with van der Waals surface area (Å²) in [6.07, 6.45) is 37.4. The van der Waals surface area contributed by atoms with Gasteiger partial charge < -0.3 is 19.1 Å². The number of carbonyl (C=O) groups is 3. The fourth-order valence-electron chi connectivity index (χ4n) is 7.94. The molecule has 0 N–H and O–H groups in total. The first-order valence-corrected chi connectivity index (χ1v) is 25.4. The SMILES string of the molecule is CCCCC(CCCC)CC(=O)OCCCCCCCCCCC(CCCCCCCCCCOC(=O)CC(CCCC)CCCC)OC(=O)CCCN(C)C(C)C. The van der Waals surface area contributed by atoms with Gasteiger partial charge in [0.15, 0.2) is 0 Å².